The van der Waals surface area contributed by atoms with Gasteiger partial charge in [-0.25, -0.2) is 15.0 Å². The number of fused-ring (bicyclic) bond motifs is 2. The second-order valence-electron chi connectivity index (χ2n) is 7.61. The van der Waals surface area contributed by atoms with Crippen LogP contribution >= 0.6 is 11.6 Å². The van der Waals surface area contributed by atoms with Gasteiger partial charge in [0.25, 0.3) is 0 Å². The van der Waals surface area contributed by atoms with Gasteiger partial charge in [0, 0.05) is 53.0 Å². The molecule has 0 fully saturated rings. The van der Waals surface area contributed by atoms with Crippen molar-refractivity contribution in [1.82, 2.24) is 24.9 Å². The smallest absolute Gasteiger partial charge is 0.182 e. The Labute approximate surface area is 189 Å². The molecule has 6 nitrogen and oxygen atoms in total. The van der Waals surface area contributed by atoms with E-state index in [1.54, 1.807) is 24.8 Å². The number of pyridine rings is 1. The fraction of sp³-hybridized carbons (Fsp3) is 0.0800. The van der Waals surface area contributed by atoms with Crippen LogP contribution in [0, 0.1) is 0 Å². The normalized spacial score (nSPS) is 12.8. The summed E-state index contributed by atoms with van der Waals surface area (Å²) < 4.78 is 0. The Balaban J connectivity index is 1.57. The Kier molecular flexibility index (Phi) is 4.51. The predicted octanol–water partition coefficient (Wildman–Crippen LogP) is 5.50. The Morgan fingerprint density at radius 1 is 0.844 bits per heavy atom. The summed E-state index contributed by atoms with van der Waals surface area (Å²) in [4.78, 5) is 24.9. The van der Waals surface area contributed by atoms with Crippen molar-refractivity contribution in [2.75, 3.05) is 11.4 Å². The zero-order chi connectivity index (χ0) is 21.5. The number of rotatable bonds is 3. The number of hydrogen-bond acceptors (Lipinski definition) is 6. The lowest BCUT2D eigenvalue weighted by Gasteiger charge is -2.21. The van der Waals surface area contributed by atoms with Gasteiger partial charge < -0.3 is 4.90 Å². The van der Waals surface area contributed by atoms with E-state index in [-0.39, 0.29) is 0 Å². The summed E-state index contributed by atoms with van der Waals surface area (Å²) in [6, 6.07) is 16.2. The van der Waals surface area contributed by atoms with Gasteiger partial charge in [0.05, 0.1) is 11.7 Å². The molecule has 7 heteroatoms. The molecule has 1 aliphatic rings. The topological polar surface area (TPSA) is 67.7 Å². The van der Waals surface area contributed by atoms with Crippen molar-refractivity contribution in [3.8, 4) is 22.6 Å². The highest BCUT2D eigenvalue weighted by atomic mass is 35.5. The van der Waals surface area contributed by atoms with E-state index in [2.05, 4.69) is 44.1 Å². The summed E-state index contributed by atoms with van der Waals surface area (Å²) in [5, 5.41) is 1.73. The van der Waals surface area contributed by atoms with Crippen molar-refractivity contribution in [3.05, 3.63) is 90.1 Å². The summed E-state index contributed by atoms with van der Waals surface area (Å²) in [5.41, 5.74) is 5.91. The van der Waals surface area contributed by atoms with Crippen LogP contribution in [0.3, 0.4) is 0 Å². The van der Waals surface area contributed by atoms with Crippen LogP contribution in [0.15, 0.2) is 79.5 Å². The molecule has 0 spiro atoms. The maximum Gasteiger partial charge on any atom is 0.182 e. The molecule has 0 atom stereocenters. The second kappa shape index (κ2) is 7.66. The lowest BCUT2D eigenvalue weighted by Crippen LogP contribution is -2.16. The third-order valence-electron chi connectivity index (χ3n) is 5.66. The molecule has 5 aromatic rings. The van der Waals surface area contributed by atoms with Crippen LogP contribution in [-0.4, -0.2) is 31.5 Å². The molecule has 6 rings (SSSR count). The summed E-state index contributed by atoms with van der Waals surface area (Å²) in [7, 11) is 0. The van der Waals surface area contributed by atoms with Crippen LogP contribution in [-0.2, 0) is 6.42 Å². The van der Waals surface area contributed by atoms with Crippen molar-refractivity contribution < 1.29 is 0 Å². The molecule has 2 aromatic carbocycles. The van der Waals surface area contributed by atoms with E-state index in [9.17, 15) is 0 Å². The molecule has 3 aromatic heterocycles. The third kappa shape index (κ3) is 3.25. The highest BCUT2D eigenvalue weighted by molar-refractivity contribution is 6.30. The fourth-order valence-electron chi connectivity index (χ4n) is 4.15. The third-order valence-corrected chi connectivity index (χ3v) is 5.89. The van der Waals surface area contributed by atoms with Crippen LogP contribution in [0.25, 0.3) is 33.5 Å². The SMILES string of the molecule is Clc1ccc2c(c1)CCN2c1nc(-c2cnccn2)nc2cc(-c3cccnc3)ccc12. The quantitative estimate of drug-likeness (QED) is 0.372. The average Bonchev–Trinajstić information content (AvgIpc) is 3.27. The molecular weight excluding hydrogens is 420 g/mol. The maximum atomic E-state index is 6.23. The second-order valence-corrected chi connectivity index (χ2v) is 8.05. The first-order valence-electron chi connectivity index (χ1n) is 10.3. The Morgan fingerprint density at radius 3 is 2.62 bits per heavy atom. The first-order chi connectivity index (χ1) is 15.8. The maximum absolute atomic E-state index is 6.23. The van der Waals surface area contributed by atoms with E-state index < -0.39 is 0 Å². The Hall–Kier alpha value is -3.90. The minimum atomic E-state index is 0.548. The summed E-state index contributed by atoms with van der Waals surface area (Å²) in [5.74, 6) is 1.40. The monoisotopic (exact) mass is 436 g/mol. The molecule has 0 N–H and O–H groups in total. The molecule has 0 bridgehead atoms. The molecule has 0 aliphatic carbocycles. The number of anilines is 2. The van der Waals surface area contributed by atoms with Crippen LogP contribution in [0.2, 0.25) is 5.02 Å². The van der Waals surface area contributed by atoms with Gasteiger partial charge in [0.2, 0.25) is 0 Å². The van der Waals surface area contributed by atoms with Crippen molar-refractivity contribution in [2.24, 2.45) is 0 Å². The predicted molar refractivity (Wildman–Crippen MR) is 126 cm³/mol. The number of aromatic nitrogens is 5. The van der Waals surface area contributed by atoms with Gasteiger partial charge in [-0.2, -0.15) is 0 Å². The minimum Gasteiger partial charge on any atom is -0.325 e. The van der Waals surface area contributed by atoms with E-state index in [4.69, 9.17) is 21.6 Å². The van der Waals surface area contributed by atoms with Gasteiger partial charge in [-0.15, -0.1) is 0 Å². The first-order valence-corrected chi connectivity index (χ1v) is 10.7. The average molecular weight is 437 g/mol. The standard InChI is InChI=1S/C25H17ClN6/c26-19-4-6-23-17(12-19)7-11-32(23)25-20-5-3-16(18-2-1-8-27-14-18)13-21(20)30-24(31-25)22-15-28-9-10-29-22/h1-6,8-10,12-15H,7,11H2. The summed E-state index contributed by atoms with van der Waals surface area (Å²) >= 11 is 6.23. The van der Waals surface area contributed by atoms with E-state index in [0.29, 0.717) is 11.5 Å². The van der Waals surface area contributed by atoms with Crippen molar-refractivity contribution in [1.29, 1.82) is 0 Å². The fourth-order valence-corrected chi connectivity index (χ4v) is 4.35. The van der Waals surface area contributed by atoms with Crippen LogP contribution in [0.5, 0.6) is 0 Å². The number of nitrogens with zero attached hydrogens (tertiary/aromatic N) is 6. The van der Waals surface area contributed by atoms with Crippen LogP contribution < -0.4 is 4.90 Å². The highest BCUT2D eigenvalue weighted by Gasteiger charge is 2.25. The molecule has 0 saturated carbocycles. The first kappa shape index (κ1) is 18.8. The van der Waals surface area contributed by atoms with Gasteiger partial charge in [0.15, 0.2) is 5.82 Å². The van der Waals surface area contributed by atoms with Crippen molar-refractivity contribution in [2.45, 2.75) is 6.42 Å². The minimum absolute atomic E-state index is 0.548. The Bertz CT molecular complexity index is 1430. The zero-order valence-electron chi connectivity index (χ0n) is 17.0. The van der Waals surface area contributed by atoms with E-state index in [0.717, 1.165) is 51.5 Å². The molecular formula is C25H17ClN6. The molecule has 0 saturated heterocycles. The number of halogens is 1. The van der Waals surface area contributed by atoms with E-state index >= 15 is 0 Å². The molecule has 154 valence electrons. The zero-order valence-corrected chi connectivity index (χ0v) is 17.7. The molecule has 0 radical (unpaired) electrons. The van der Waals surface area contributed by atoms with Gasteiger partial charge >= 0.3 is 0 Å². The highest BCUT2D eigenvalue weighted by Crippen LogP contribution is 2.39. The van der Waals surface area contributed by atoms with Crippen LogP contribution in [0.1, 0.15) is 5.56 Å². The summed E-state index contributed by atoms with van der Waals surface area (Å²) in [6.07, 6.45) is 9.53. The summed E-state index contributed by atoms with van der Waals surface area (Å²) in [6.45, 7) is 0.825. The largest absolute Gasteiger partial charge is 0.325 e. The lowest BCUT2D eigenvalue weighted by atomic mass is 10.1. The van der Waals surface area contributed by atoms with Gasteiger partial charge in [-0.1, -0.05) is 23.7 Å². The van der Waals surface area contributed by atoms with Crippen molar-refractivity contribution >= 4 is 34.0 Å². The van der Waals surface area contributed by atoms with E-state index in [1.807, 2.05) is 30.5 Å². The molecule has 1 aliphatic heterocycles. The van der Waals surface area contributed by atoms with Crippen LogP contribution in [0.4, 0.5) is 11.5 Å². The number of hydrogen-bond donors (Lipinski definition) is 0. The number of benzene rings is 2. The van der Waals surface area contributed by atoms with Gasteiger partial charge in [0.1, 0.15) is 11.5 Å². The molecule has 0 unspecified atom stereocenters. The molecule has 32 heavy (non-hydrogen) atoms. The van der Waals surface area contributed by atoms with Gasteiger partial charge in [-0.3, -0.25) is 9.97 Å². The van der Waals surface area contributed by atoms with Crippen molar-refractivity contribution in [3.63, 3.8) is 0 Å². The molecule has 0 amide bonds. The molecule has 4 heterocycles. The van der Waals surface area contributed by atoms with E-state index in [1.165, 1.54) is 5.56 Å². The van der Waals surface area contributed by atoms with Gasteiger partial charge in [-0.05, 0) is 53.9 Å². The Morgan fingerprint density at radius 2 is 1.78 bits per heavy atom. The lowest BCUT2D eigenvalue weighted by molar-refractivity contribution is 0.974.